The molecule has 0 aliphatic heterocycles. The lowest BCUT2D eigenvalue weighted by Gasteiger charge is -2.09. The van der Waals surface area contributed by atoms with Crippen LogP contribution in [-0.2, 0) is 0 Å². The number of thiophene rings is 1. The molecule has 2 nitrogen and oxygen atoms in total. The molecule has 104 valence electrons. The molecule has 2 aromatic carbocycles. The van der Waals surface area contributed by atoms with Crippen LogP contribution in [-0.4, -0.2) is 12.9 Å². The molecule has 1 aromatic heterocycles. The average molecular weight is 294 g/mol. The van der Waals surface area contributed by atoms with Gasteiger partial charge >= 0.3 is 0 Å². The lowest BCUT2D eigenvalue weighted by molar-refractivity contribution is 0.103. The predicted molar refractivity (Wildman–Crippen MR) is 86.2 cm³/mol. The van der Waals surface area contributed by atoms with Crippen molar-refractivity contribution in [2.24, 2.45) is 0 Å². The number of carbonyl (C=O) groups is 1. The maximum atomic E-state index is 12.7. The van der Waals surface area contributed by atoms with Gasteiger partial charge in [0, 0.05) is 21.6 Å². The second-order valence-corrected chi connectivity index (χ2v) is 5.53. The SMILES string of the molecule is COc1ccc(C(=O)c2ccccc2)c(-c2cccs2)c1. The summed E-state index contributed by atoms with van der Waals surface area (Å²) in [6, 6.07) is 18.9. The van der Waals surface area contributed by atoms with Crippen molar-refractivity contribution in [3.8, 4) is 16.2 Å². The quantitative estimate of drug-likeness (QED) is 0.654. The van der Waals surface area contributed by atoms with Gasteiger partial charge < -0.3 is 4.74 Å². The number of hydrogen-bond donors (Lipinski definition) is 0. The number of ether oxygens (including phenoxy) is 1. The third-order valence-corrected chi connectivity index (χ3v) is 4.20. The van der Waals surface area contributed by atoms with E-state index in [1.54, 1.807) is 18.4 Å². The molecule has 0 unspecified atom stereocenters. The zero-order valence-corrected chi connectivity index (χ0v) is 12.4. The topological polar surface area (TPSA) is 26.3 Å². The molecule has 0 amide bonds. The second kappa shape index (κ2) is 5.94. The third kappa shape index (κ3) is 2.73. The third-order valence-electron chi connectivity index (χ3n) is 3.29. The summed E-state index contributed by atoms with van der Waals surface area (Å²) in [4.78, 5) is 13.8. The highest BCUT2D eigenvalue weighted by Gasteiger charge is 2.16. The minimum atomic E-state index is 0.0293. The van der Waals surface area contributed by atoms with Crippen LogP contribution in [0.25, 0.3) is 10.4 Å². The Morgan fingerprint density at radius 3 is 2.48 bits per heavy atom. The normalized spacial score (nSPS) is 10.3. The van der Waals surface area contributed by atoms with Crippen molar-refractivity contribution in [3.63, 3.8) is 0 Å². The van der Waals surface area contributed by atoms with Gasteiger partial charge in [-0.3, -0.25) is 4.79 Å². The van der Waals surface area contributed by atoms with E-state index in [1.165, 1.54) is 0 Å². The molecule has 0 saturated heterocycles. The molecule has 0 atom stereocenters. The Kier molecular flexibility index (Phi) is 3.84. The summed E-state index contributed by atoms with van der Waals surface area (Å²) < 4.78 is 5.29. The summed E-state index contributed by atoms with van der Waals surface area (Å²) in [6.07, 6.45) is 0. The lowest BCUT2D eigenvalue weighted by atomic mass is 9.97. The smallest absolute Gasteiger partial charge is 0.193 e. The van der Waals surface area contributed by atoms with Crippen molar-refractivity contribution < 1.29 is 9.53 Å². The fraction of sp³-hybridized carbons (Fsp3) is 0.0556. The number of hydrogen-bond acceptors (Lipinski definition) is 3. The van der Waals surface area contributed by atoms with Crippen molar-refractivity contribution in [3.05, 3.63) is 77.2 Å². The van der Waals surface area contributed by atoms with Gasteiger partial charge in [0.25, 0.3) is 0 Å². The van der Waals surface area contributed by atoms with Crippen molar-refractivity contribution >= 4 is 17.1 Å². The first-order valence-electron chi connectivity index (χ1n) is 6.61. The monoisotopic (exact) mass is 294 g/mol. The van der Waals surface area contributed by atoms with Crippen molar-refractivity contribution in [2.45, 2.75) is 0 Å². The summed E-state index contributed by atoms with van der Waals surface area (Å²) in [7, 11) is 1.63. The van der Waals surface area contributed by atoms with Gasteiger partial charge in [-0.2, -0.15) is 0 Å². The van der Waals surface area contributed by atoms with Gasteiger partial charge in [-0.25, -0.2) is 0 Å². The number of carbonyl (C=O) groups excluding carboxylic acids is 1. The zero-order valence-electron chi connectivity index (χ0n) is 11.6. The highest BCUT2D eigenvalue weighted by Crippen LogP contribution is 2.32. The van der Waals surface area contributed by atoms with E-state index < -0.39 is 0 Å². The molecular formula is C18H14O2S. The van der Waals surface area contributed by atoms with Crippen LogP contribution in [0.4, 0.5) is 0 Å². The van der Waals surface area contributed by atoms with E-state index in [2.05, 4.69) is 0 Å². The molecule has 3 aromatic rings. The van der Waals surface area contributed by atoms with Crippen LogP contribution in [0, 0.1) is 0 Å². The van der Waals surface area contributed by atoms with E-state index in [1.807, 2.05) is 66.0 Å². The maximum absolute atomic E-state index is 12.7. The summed E-state index contributed by atoms with van der Waals surface area (Å²) >= 11 is 1.61. The van der Waals surface area contributed by atoms with Gasteiger partial charge in [0.2, 0.25) is 0 Å². The Hall–Kier alpha value is -2.39. The second-order valence-electron chi connectivity index (χ2n) is 4.58. The molecule has 0 saturated carbocycles. The minimum Gasteiger partial charge on any atom is -0.497 e. The van der Waals surface area contributed by atoms with Gasteiger partial charge in [0.1, 0.15) is 5.75 Å². The van der Waals surface area contributed by atoms with Crippen LogP contribution in [0.3, 0.4) is 0 Å². The highest BCUT2D eigenvalue weighted by atomic mass is 32.1. The first-order chi connectivity index (χ1) is 10.3. The summed E-state index contributed by atoms with van der Waals surface area (Å²) in [5.74, 6) is 0.782. The van der Waals surface area contributed by atoms with Crippen molar-refractivity contribution in [1.29, 1.82) is 0 Å². The van der Waals surface area contributed by atoms with Crippen LogP contribution >= 0.6 is 11.3 Å². The Bertz CT molecular complexity index is 746. The molecule has 0 spiro atoms. The Balaban J connectivity index is 2.12. The number of benzene rings is 2. The lowest BCUT2D eigenvalue weighted by Crippen LogP contribution is -2.03. The van der Waals surface area contributed by atoms with Gasteiger partial charge in [0.15, 0.2) is 5.78 Å². The molecule has 21 heavy (non-hydrogen) atoms. The minimum absolute atomic E-state index is 0.0293. The van der Waals surface area contributed by atoms with E-state index in [4.69, 9.17) is 4.74 Å². The molecule has 3 heteroatoms. The highest BCUT2D eigenvalue weighted by molar-refractivity contribution is 7.13. The predicted octanol–water partition coefficient (Wildman–Crippen LogP) is 4.65. The van der Waals surface area contributed by atoms with Crippen molar-refractivity contribution in [2.75, 3.05) is 7.11 Å². The molecule has 0 aliphatic carbocycles. The van der Waals surface area contributed by atoms with E-state index in [-0.39, 0.29) is 5.78 Å². The molecule has 0 radical (unpaired) electrons. The first kappa shape index (κ1) is 13.6. The molecule has 0 fully saturated rings. The maximum Gasteiger partial charge on any atom is 0.193 e. The standard InChI is InChI=1S/C18H14O2S/c1-20-14-9-10-15(16(12-14)17-8-5-11-21-17)18(19)13-6-3-2-4-7-13/h2-12H,1H3. The van der Waals surface area contributed by atoms with Gasteiger partial charge in [-0.05, 0) is 29.6 Å². The number of ketones is 1. The molecule has 3 rings (SSSR count). The van der Waals surface area contributed by atoms with Crippen LogP contribution in [0.2, 0.25) is 0 Å². The summed E-state index contributed by atoms with van der Waals surface area (Å²) in [6.45, 7) is 0. The van der Waals surface area contributed by atoms with E-state index in [9.17, 15) is 4.79 Å². The average Bonchev–Trinajstić information content (AvgIpc) is 3.09. The van der Waals surface area contributed by atoms with Crippen molar-refractivity contribution in [1.82, 2.24) is 0 Å². The Labute approximate surface area is 127 Å². The molecular weight excluding hydrogens is 280 g/mol. The first-order valence-corrected chi connectivity index (χ1v) is 7.49. The summed E-state index contributed by atoms with van der Waals surface area (Å²) in [5, 5.41) is 2.01. The van der Waals surface area contributed by atoms with Crippen LogP contribution in [0.15, 0.2) is 66.0 Å². The molecule has 0 N–H and O–H groups in total. The summed E-state index contributed by atoms with van der Waals surface area (Å²) in [5.41, 5.74) is 2.31. The Morgan fingerprint density at radius 2 is 1.81 bits per heavy atom. The van der Waals surface area contributed by atoms with Gasteiger partial charge in [-0.15, -0.1) is 11.3 Å². The number of rotatable bonds is 4. The van der Waals surface area contributed by atoms with E-state index in [0.717, 1.165) is 16.2 Å². The van der Waals surface area contributed by atoms with Gasteiger partial charge in [0.05, 0.1) is 7.11 Å². The van der Waals surface area contributed by atoms with Crippen LogP contribution in [0.1, 0.15) is 15.9 Å². The largest absolute Gasteiger partial charge is 0.497 e. The number of methoxy groups -OCH3 is 1. The fourth-order valence-corrected chi connectivity index (χ4v) is 2.99. The molecule has 0 bridgehead atoms. The van der Waals surface area contributed by atoms with E-state index >= 15 is 0 Å². The van der Waals surface area contributed by atoms with Crippen LogP contribution < -0.4 is 4.74 Å². The fourth-order valence-electron chi connectivity index (χ4n) is 2.23. The van der Waals surface area contributed by atoms with Crippen LogP contribution in [0.5, 0.6) is 5.75 Å². The van der Waals surface area contributed by atoms with E-state index in [0.29, 0.717) is 11.1 Å². The zero-order chi connectivity index (χ0) is 14.7. The van der Waals surface area contributed by atoms with Gasteiger partial charge in [-0.1, -0.05) is 36.4 Å². The Morgan fingerprint density at radius 1 is 1.00 bits per heavy atom. The molecule has 0 aliphatic rings. The molecule has 1 heterocycles.